The molecule has 0 saturated carbocycles. The van der Waals surface area contributed by atoms with Crippen molar-refractivity contribution in [1.82, 2.24) is 9.88 Å². The van der Waals surface area contributed by atoms with Gasteiger partial charge in [0.15, 0.2) is 0 Å². The highest BCUT2D eigenvalue weighted by molar-refractivity contribution is 6.30. The van der Waals surface area contributed by atoms with Crippen LogP contribution >= 0.6 is 11.6 Å². The molecule has 1 heterocycles. The van der Waals surface area contributed by atoms with E-state index >= 15 is 0 Å². The van der Waals surface area contributed by atoms with Gasteiger partial charge < -0.3 is 14.6 Å². The summed E-state index contributed by atoms with van der Waals surface area (Å²) >= 11 is 5.91. The van der Waals surface area contributed by atoms with Crippen LogP contribution in [0.25, 0.3) is 0 Å². The van der Waals surface area contributed by atoms with Crippen LogP contribution in [0.2, 0.25) is 5.02 Å². The Kier molecular flexibility index (Phi) is 7.03. The second kappa shape index (κ2) is 9.24. The number of H-pyrrole nitrogens is 1. The number of benzene rings is 1. The van der Waals surface area contributed by atoms with Crippen LogP contribution in [-0.4, -0.2) is 36.0 Å². The van der Waals surface area contributed by atoms with Crippen LogP contribution in [0, 0.1) is 25.2 Å². The lowest BCUT2D eigenvalue weighted by Crippen LogP contribution is -2.31. The molecule has 2 rings (SSSR count). The number of hydrogen-bond donors (Lipinski definition) is 1. The number of carbonyl (C=O) groups excluding carboxylic acids is 1. The van der Waals surface area contributed by atoms with Gasteiger partial charge in [-0.3, -0.25) is 9.59 Å². The van der Waals surface area contributed by atoms with Gasteiger partial charge in [-0.15, -0.1) is 0 Å². The molecule has 0 bridgehead atoms. The second-order valence-corrected chi connectivity index (χ2v) is 6.73. The molecule has 0 aliphatic rings. The van der Waals surface area contributed by atoms with Crippen LogP contribution in [0.4, 0.5) is 0 Å². The zero-order valence-corrected chi connectivity index (χ0v) is 16.4. The molecule has 27 heavy (non-hydrogen) atoms. The number of ether oxygens (including phenoxy) is 1. The van der Waals surface area contributed by atoms with Crippen LogP contribution < -0.4 is 10.3 Å². The van der Waals surface area contributed by atoms with Crippen LogP contribution in [0.1, 0.15) is 28.8 Å². The van der Waals surface area contributed by atoms with Gasteiger partial charge in [0.2, 0.25) is 5.91 Å². The van der Waals surface area contributed by atoms with Gasteiger partial charge in [0.25, 0.3) is 5.56 Å². The molecule has 0 saturated heterocycles. The predicted octanol–water partition coefficient (Wildman–Crippen LogP) is 2.99. The first-order valence-corrected chi connectivity index (χ1v) is 8.96. The number of pyridine rings is 1. The van der Waals surface area contributed by atoms with Crippen molar-refractivity contribution in [1.29, 1.82) is 5.26 Å². The summed E-state index contributed by atoms with van der Waals surface area (Å²) in [5.74, 6) is 0.625. The van der Waals surface area contributed by atoms with Crippen molar-refractivity contribution in [3.05, 3.63) is 62.0 Å². The Morgan fingerprint density at radius 3 is 2.78 bits per heavy atom. The molecule has 6 nitrogen and oxygen atoms in total. The molecule has 0 unspecified atom stereocenters. The molecule has 1 aromatic heterocycles. The molecule has 0 aliphatic heterocycles. The van der Waals surface area contributed by atoms with Crippen LogP contribution in [-0.2, 0) is 11.2 Å². The minimum atomic E-state index is -0.391. The average molecular weight is 388 g/mol. The highest BCUT2D eigenvalue weighted by atomic mass is 35.5. The molecule has 0 radical (unpaired) electrons. The Hall–Kier alpha value is -2.78. The number of rotatable bonds is 7. The van der Waals surface area contributed by atoms with Crippen LogP contribution in [0.15, 0.2) is 29.1 Å². The van der Waals surface area contributed by atoms with Gasteiger partial charge in [0.05, 0.1) is 6.54 Å². The summed E-state index contributed by atoms with van der Waals surface area (Å²) in [6.07, 6.45) is 0.744. The molecule has 0 aliphatic carbocycles. The van der Waals surface area contributed by atoms with Crippen molar-refractivity contribution in [3.8, 4) is 11.8 Å². The third kappa shape index (κ3) is 5.35. The predicted molar refractivity (Wildman–Crippen MR) is 104 cm³/mol. The van der Waals surface area contributed by atoms with Crippen LogP contribution in [0.5, 0.6) is 5.75 Å². The molecule has 2 aromatic rings. The largest absolute Gasteiger partial charge is 0.492 e. The Morgan fingerprint density at radius 2 is 2.11 bits per heavy atom. The van der Waals surface area contributed by atoms with Gasteiger partial charge in [-0.05, 0) is 49.6 Å². The third-order valence-corrected chi connectivity index (χ3v) is 4.66. The number of halogens is 1. The molecular weight excluding hydrogens is 366 g/mol. The number of likely N-dealkylation sites (N-methyl/N-ethyl adjacent to an activating group) is 1. The summed E-state index contributed by atoms with van der Waals surface area (Å²) in [6, 6.07) is 9.02. The number of amides is 1. The van der Waals surface area contributed by atoms with Crippen molar-refractivity contribution in [3.63, 3.8) is 0 Å². The van der Waals surface area contributed by atoms with E-state index in [4.69, 9.17) is 21.6 Å². The molecule has 142 valence electrons. The topological polar surface area (TPSA) is 86.2 Å². The summed E-state index contributed by atoms with van der Waals surface area (Å²) in [5, 5.41) is 9.72. The van der Waals surface area contributed by atoms with Crippen molar-refractivity contribution in [2.45, 2.75) is 26.7 Å². The van der Waals surface area contributed by atoms with Gasteiger partial charge in [0, 0.05) is 24.2 Å². The number of carbonyl (C=O) groups is 1. The number of aromatic amines is 1. The molecule has 1 amide bonds. The molecular formula is C20H22ClN3O3. The van der Waals surface area contributed by atoms with E-state index in [9.17, 15) is 9.59 Å². The number of aromatic nitrogens is 1. The molecule has 7 heteroatoms. The highest BCUT2D eigenvalue weighted by Crippen LogP contribution is 2.17. The highest BCUT2D eigenvalue weighted by Gasteiger charge is 2.15. The van der Waals surface area contributed by atoms with E-state index in [2.05, 4.69) is 4.98 Å². The maximum absolute atomic E-state index is 12.4. The van der Waals surface area contributed by atoms with Crippen molar-refractivity contribution in [2.24, 2.45) is 0 Å². The molecule has 0 fully saturated rings. The van der Waals surface area contributed by atoms with E-state index in [0.717, 1.165) is 5.56 Å². The first-order chi connectivity index (χ1) is 12.8. The lowest BCUT2D eigenvalue weighted by Gasteiger charge is -2.18. The molecule has 0 spiro atoms. The number of nitrogens with zero attached hydrogens (tertiary/aromatic N) is 2. The number of hydrogen-bond acceptors (Lipinski definition) is 4. The lowest BCUT2D eigenvalue weighted by atomic mass is 9.99. The van der Waals surface area contributed by atoms with Crippen molar-refractivity contribution < 1.29 is 9.53 Å². The molecule has 0 atom stereocenters. The van der Waals surface area contributed by atoms with E-state index in [0.29, 0.717) is 41.6 Å². The standard InChI is InChI=1S/C20H22ClN3O3/c1-13-17(14(2)23-20(26)18(13)12-22)7-8-19(25)24(3)9-10-27-16-6-4-5-15(21)11-16/h4-6,11H,7-10H2,1-3H3,(H,23,26). The summed E-state index contributed by atoms with van der Waals surface area (Å²) in [4.78, 5) is 28.4. The van der Waals surface area contributed by atoms with Crippen molar-refractivity contribution in [2.75, 3.05) is 20.2 Å². The zero-order chi connectivity index (χ0) is 20.0. The monoisotopic (exact) mass is 387 g/mol. The summed E-state index contributed by atoms with van der Waals surface area (Å²) in [7, 11) is 1.72. The Labute approximate surface area is 163 Å². The summed E-state index contributed by atoms with van der Waals surface area (Å²) in [5.41, 5.74) is 1.88. The normalized spacial score (nSPS) is 10.3. The minimum absolute atomic E-state index is 0.0341. The van der Waals surface area contributed by atoms with Crippen molar-refractivity contribution >= 4 is 17.5 Å². The second-order valence-electron chi connectivity index (χ2n) is 6.29. The number of nitrogens with one attached hydrogen (secondary N) is 1. The fourth-order valence-electron chi connectivity index (χ4n) is 2.83. The zero-order valence-electron chi connectivity index (χ0n) is 15.6. The smallest absolute Gasteiger partial charge is 0.266 e. The van der Waals surface area contributed by atoms with E-state index in [1.54, 1.807) is 44.0 Å². The first kappa shape index (κ1) is 20.5. The summed E-state index contributed by atoms with van der Waals surface area (Å²) < 4.78 is 5.60. The van der Waals surface area contributed by atoms with Gasteiger partial charge in [-0.1, -0.05) is 17.7 Å². The number of aryl methyl sites for hydroxylation is 1. The maximum Gasteiger partial charge on any atom is 0.266 e. The Balaban J connectivity index is 1.90. The van der Waals surface area contributed by atoms with Gasteiger partial charge in [-0.2, -0.15) is 5.26 Å². The first-order valence-electron chi connectivity index (χ1n) is 8.58. The quantitative estimate of drug-likeness (QED) is 0.791. The van der Waals surface area contributed by atoms with E-state index < -0.39 is 5.56 Å². The fourth-order valence-corrected chi connectivity index (χ4v) is 3.01. The van der Waals surface area contributed by atoms with Crippen LogP contribution in [0.3, 0.4) is 0 Å². The van der Waals surface area contributed by atoms with E-state index in [1.165, 1.54) is 0 Å². The Morgan fingerprint density at radius 1 is 1.37 bits per heavy atom. The third-order valence-electron chi connectivity index (χ3n) is 4.43. The van der Waals surface area contributed by atoms with E-state index in [-0.39, 0.29) is 17.9 Å². The maximum atomic E-state index is 12.4. The van der Waals surface area contributed by atoms with E-state index in [1.807, 2.05) is 12.1 Å². The minimum Gasteiger partial charge on any atom is -0.492 e. The lowest BCUT2D eigenvalue weighted by molar-refractivity contribution is -0.130. The molecule has 1 aromatic carbocycles. The Bertz CT molecular complexity index is 931. The SMILES string of the molecule is Cc1[nH]c(=O)c(C#N)c(C)c1CCC(=O)N(C)CCOc1cccc(Cl)c1. The average Bonchev–Trinajstić information content (AvgIpc) is 2.61. The van der Waals surface area contributed by atoms with Gasteiger partial charge in [-0.25, -0.2) is 0 Å². The number of nitriles is 1. The molecule has 1 N–H and O–H groups in total. The summed E-state index contributed by atoms with van der Waals surface area (Å²) in [6.45, 7) is 4.32. The fraction of sp³-hybridized carbons (Fsp3) is 0.350. The van der Waals surface area contributed by atoms with Gasteiger partial charge in [0.1, 0.15) is 24.0 Å². The van der Waals surface area contributed by atoms with Gasteiger partial charge >= 0.3 is 0 Å².